The minimum Gasteiger partial charge on any atom is -0.394 e. The van der Waals surface area contributed by atoms with Crippen molar-refractivity contribution in [1.82, 2.24) is 41.5 Å². The summed E-state index contributed by atoms with van der Waals surface area (Å²) in [6, 6.07) is -6.80. The average molecular weight is 895 g/mol. The van der Waals surface area contributed by atoms with Crippen LogP contribution in [0, 0.1) is 11.8 Å². The van der Waals surface area contributed by atoms with Gasteiger partial charge >= 0.3 is 7.60 Å². The number of aliphatic hydroxyl groups excluding tert-OH is 1. The van der Waals surface area contributed by atoms with Crippen molar-refractivity contribution >= 4 is 67.5 Å². The molecule has 26 heteroatoms. The summed E-state index contributed by atoms with van der Waals surface area (Å²) in [5.74, 6) is -7.99. The fourth-order valence-electron chi connectivity index (χ4n) is 5.33. The molecule has 0 spiro atoms. The van der Waals surface area contributed by atoms with Gasteiger partial charge in [0.25, 0.3) is 0 Å². The number of aliphatic hydroxyl groups is 1. The highest BCUT2D eigenvalue weighted by atomic mass is 32.1. The molecule has 0 aliphatic heterocycles. The Labute approximate surface area is 352 Å². The van der Waals surface area contributed by atoms with E-state index in [2.05, 4.69) is 49.2 Å². The number of carbonyl (C=O) groups excluding carboxylic acids is 8. The van der Waals surface area contributed by atoms with Gasteiger partial charge < -0.3 is 67.4 Å². The van der Waals surface area contributed by atoms with Crippen LogP contribution >= 0.6 is 20.2 Å². The molecular formula is C34H59N10O14PS. The second-order valence-corrected chi connectivity index (χ2v) is 16.2. The molecular weight excluding hydrogens is 835 g/mol. The Bertz CT molecular complexity index is 1630. The first-order valence-corrected chi connectivity index (χ1v) is 21.3. The molecule has 0 aromatic carbocycles. The molecule has 0 radical (unpaired) electrons. The lowest BCUT2D eigenvalue weighted by Crippen LogP contribution is -2.60. The SMILES string of the molecule is CC(=O)N(CC(=O)N[C@@H](CC(C)C)C(=O)N[C@@H](Cc1cnc[nH]1)C(=O)N[C@@H](CO)C(=O)N[C@H](C(N)=O)[C@@H](C)CP(=O)(O)O)C(=O)CCOCCOCCNC(=O)[C@@H](N)CS. The van der Waals surface area contributed by atoms with Crippen LogP contribution in [0.1, 0.15) is 46.2 Å². The first-order chi connectivity index (χ1) is 28.1. The number of nitrogens with two attached hydrogens (primary N) is 2. The van der Waals surface area contributed by atoms with E-state index in [0.29, 0.717) is 10.6 Å². The smallest absolute Gasteiger partial charge is 0.325 e. The summed E-state index contributed by atoms with van der Waals surface area (Å²) in [4.78, 5) is 128. The average Bonchev–Trinajstić information content (AvgIpc) is 3.68. The Morgan fingerprint density at radius 2 is 1.50 bits per heavy atom. The molecule has 1 aromatic heterocycles. The molecule has 0 unspecified atom stereocenters. The second-order valence-electron chi connectivity index (χ2n) is 14.1. The number of thiol groups is 1. The summed E-state index contributed by atoms with van der Waals surface area (Å²) in [7, 11) is -4.63. The fourth-order valence-corrected chi connectivity index (χ4v) is 6.46. The fraction of sp³-hybridized carbons (Fsp3) is 0.676. The summed E-state index contributed by atoms with van der Waals surface area (Å²) < 4.78 is 22.2. The van der Waals surface area contributed by atoms with Crippen molar-refractivity contribution in [2.24, 2.45) is 23.3 Å². The highest BCUT2D eigenvalue weighted by Crippen LogP contribution is 2.37. The molecule has 13 N–H and O–H groups in total. The number of ether oxygens (including phenoxy) is 2. The zero-order valence-electron chi connectivity index (χ0n) is 34.0. The van der Waals surface area contributed by atoms with Gasteiger partial charge in [0.1, 0.15) is 30.7 Å². The van der Waals surface area contributed by atoms with Crippen LogP contribution in [0.2, 0.25) is 0 Å². The van der Waals surface area contributed by atoms with Crippen molar-refractivity contribution in [3.63, 3.8) is 0 Å². The number of imidazole rings is 1. The number of hydrogen-bond acceptors (Lipinski definition) is 15. The number of nitrogens with one attached hydrogen (secondary N) is 6. The molecule has 60 heavy (non-hydrogen) atoms. The van der Waals surface area contributed by atoms with Crippen LogP contribution in [0.4, 0.5) is 0 Å². The highest BCUT2D eigenvalue weighted by molar-refractivity contribution is 7.80. The Kier molecular flexibility index (Phi) is 24.4. The van der Waals surface area contributed by atoms with E-state index in [0.717, 1.165) is 6.92 Å². The lowest BCUT2D eigenvalue weighted by Gasteiger charge is -2.27. The van der Waals surface area contributed by atoms with Gasteiger partial charge in [-0.2, -0.15) is 12.6 Å². The van der Waals surface area contributed by atoms with Crippen LogP contribution in [-0.2, 0) is 58.8 Å². The molecule has 6 atom stereocenters. The Hall–Kier alpha value is -4.49. The van der Waals surface area contributed by atoms with Crippen LogP contribution in [-0.4, -0.2) is 165 Å². The topological polar surface area (TPSA) is 377 Å². The van der Waals surface area contributed by atoms with Gasteiger partial charge in [-0.25, -0.2) is 4.98 Å². The molecule has 340 valence electrons. The van der Waals surface area contributed by atoms with E-state index >= 15 is 0 Å². The second kappa shape index (κ2) is 27.4. The van der Waals surface area contributed by atoms with Crippen LogP contribution in [0.3, 0.4) is 0 Å². The highest BCUT2D eigenvalue weighted by Gasteiger charge is 2.35. The molecule has 0 saturated heterocycles. The maximum atomic E-state index is 13.7. The van der Waals surface area contributed by atoms with Gasteiger partial charge in [-0.1, -0.05) is 20.8 Å². The lowest BCUT2D eigenvalue weighted by atomic mass is 10.0. The quantitative estimate of drug-likeness (QED) is 0.0205. The number of hydrogen-bond donors (Lipinski definition) is 12. The first-order valence-electron chi connectivity index (χ1n) is 18.8. The van der Waals surface area contributed by atoms with Gasteiger partial charge in [0.05, 0.1) is 58.0 Å². The molecule has 24 nitrogen and oxygen atoms in total. The number of imide groups is 1. The minimum atomic E-state index is -4.63. The number of nitrogens with zero attached hydrogens (tertiary/aromatic N) is 2. The molecule has 0 bridgehead atoms. The van der Waals surface area contributed by atoms with Crippen LogP contribution < -0.4 is 38.1 Å². The van der Waals surface area contributed by atoms with E-state index in [-0.39, 0.29) is 69.8 Å². The van der Waals surface area contributed by atoms with Gasteiger partial charge in [-0.05, 0) is 18.3 Å². The van der Waals surface area contributed by atoms with E-state index in [4.69, 9.17) is 20.9 Å². The first kappa shape index (κ1) is 53.5. The van der Waals surface area contributed by atoms with Crippen LogP contribution in [0.5, 0.6) is 0 Å². The normalized spacial score (nSPS) is 14.4. The van der Waals surface area contributed by atoms with E-state index in [1.807, 2.05) is 0 Å². The van der Waals surface area contributed by atoms with Gasteiger partial charge in [0, 0.05) is 37.5 Å². The number of H-pyrrole nitrogens is 1. The third-order valence-corrected chi connectivity index (χ3v) is 9.82. The summed E-state index contributed by atoms with van der Waals surface area (Å²) in [5.41, 5.74) is 11.3. The predicted molar refractivity (Wildman–Crippen MR) is 215 cm³/mol. The maximum Gasteiger partial charge on any atom is 0.325 e. The predicted octanol–water partition coefficient (Wildman–Crippen LogP) is -4.60. The molecule has 8 amide bonds. The van der Waals surface area contributed by atoms with Crippen molar-refractivity contribution < 1.29 is 67.3 Å². The third kappa shape index (κ3) is 21.2. The number of carbonyl (C=O) groups is 8. The largest absolute Gasteiger partial charge is 0.394 e. The van der Waals surface area contributed by atoms with Crippen molar-refractivity contribution in [3.8, 4) is 0 Å². The summed E-state index contributed by atoms with van der Waals surface area (Å²) in [6.07, 6.45) is 1.39. The summed E-state index contributed by atoms with van der Waals surface area (Å²) in [5, 5.41) is 22.0. The van der Waals surface area contributed by atoms with Crippen molar-refractivity contribution in [2.45, 2.75) is 77.2 Å². The number of aromatic nitrogens is 2. The maximum absolute atomic E-state index is 13.7. The molecule has 0 saturated carbocycles. The third-order valence-electron chi connectivity index (χ3n) is 8.38. The molecule has 1 aromatic rings. The monoisotopic (exact) mass is 894 g/mol. The van der Waals surface area contributed by atoms with Gasteiger partial charge in [0.2, 0.25) is 47.3 Å². The zero-order chi connectivity index (χ0) is 45.6. The minimum absolute atomic E-state index is 0.0401. The molecule has 0 fully saturated rings. The summed E-state index contributed by atoms with van der Waals surface area (Å²) >= 11 is 3.95. The van der Waals surface area contributed by atoms with E-state index in [1.165, 1.54) is 19.4 Å². The zero-order valence-corrected chi connectivity index (χ0v) is 35.7. The van der Waals surface area contributed by atoms with E-state index in [9.17, 15) is 57.8 Å². The van der Waals surface area contributed by atoms with Crippen molar-refractivity contribution in [3.05, 3.63) is 18.2 Å². The molecule has 0 aliphatic carbocycles. The number of primary amides is 1. The molecule has 0 aliphatic rings. The molecule has 1 rings (SSSR count). The van der Waals surface area contributed by atoms with Gasteiger partial charge in [0.15, 0.2) is 0 Å². The summed E-state index contributed by atoms with van der Waals surface area (Å²) in [6.45, 7) is 4.61. The van der Waals surface area contributed by atoms with Crippen LogP contribution in [0.15, 0.2) is 12.5 Å². The van der Waals surface area contributed by atoms with Crippen molar-refractivity contribution in [1.29, 1.82) is 0 Å². The lowest BCUT2D eigenvalue weighted by molar-refractivity contribution is -0.147. The standard InChI is InChI=1S/C34H59N10O14PS/c1-19(2)11-24(40-27(47)14-44(21(4)46)28(48)5-7-57-9-10-58-8-6-38-31(50)23(35)17-60)32(51)41-25(12-22-13-37-18-39-22)33(52)42-26(15-45)34(53)43-29(30(36)49)20(3)16-59(54,55)56/h13,18-20,23-26,29,45,60H,5-12,14-17,35H2,1-4H3,(H2,36,49)(H,37,39)(H,38,50)(H,40,47)(H,41,51)(H,42,52)(H,43,53)(H2,54,55,56)/t20-,23-,24-,25-,26-,29-/m0/s1. The van der Waals surface area contributed by atoms with E-state index < -0.39 is 104 Å². The van der Waals surface area contributed by atoms with Gasteiger partial charge in [-0.15, -0.1) is 0 Å². The number of amides is 8. The Morgan fingerprint density at radius 1 is 0.900 bits per heavy atom. The van der Waals surface area contributed by atoms with Gasteiger partial charge in [-0.3, -0.25) is 47.8 Å². The van der Waals surface area contributed by atoms with Crippen LogP contribution in [0.25, 0.3) is 0 Å². The number of rotatable bonds is 29. The Balaban J connectivity index is 2.95. The Morgan fingerprint density at radius 3 is 2.03 bits per heavy atom. The molecule has 1 heterocycles. The van der Waals surface area contributed by atoms with E-state index in [1.54, 1.807) is 13.8 Å². The van der Waals surface area contributed by atoms with Crippen molar-refractivity contribution in [2.75, 3.05) is 58.0 Å². The number of aromatic amines is 1.